The van der Waals surface area contributed by atoms with Crippen molar-refractivity contribution in [3.8, 4) is 0 Å². The van der Waals surface area contributed by atoms with E-state index in [1.807, 2.05) is 6.92 Å². The van der Waals surface area contributed by atoms with Gasteiger partial charge in [-0.05, 0) is 19.3 Å². The highest BCUT2D eigenvalue weighted by Gasteiger charge is 2.36. The summed E-state index contributed by atoms with van der Waals surface area (Å²) in [6, 6.07) is 0. The summed E-state index contributed by atoms with van der Waals surface area (Å²) < 4.78 is 5.05. The van der Waals surface area contributed by atoms with Crippen molar-refractivity contribution in [3.63, 3.8) is 0 Å². The predicted molar refractivity (Wildman–Crippen MR) is 60.2 cm³/mol. The van der Waals surface area contributed by atoms with E-state index in [4.69, 9.17) is 9.84 Å². The quantitative estimate of drug-likeness (QED) is 0.615. The highest BCUT2D eigenvalue weighted by molar-refractivity contribution is 5.87. The fraction of sp³-hybridized carbons (Fsp3) is 0.818. The Morgan fingerprint density at radius 2 is 1.81 bits per heavy atom. The average Bonchev–Trinajstić information content (AvgIpc) is 2.26. The summed E-state index contributed by atoms with van der Waals surface area (Å²) in [6.45, 7) is 5.85. The molecule has 0 spiro atoms. The second-order valence-corrected chi connectivity index (χ2v) is 3.70. The number of nitrogens with one attached hydrogen (secondary N) is 1. The first kappa shape index (κ1) is 14.9. The molecule has 0 heterocycles. The van der Waals surface area contributed by atoms with Gasteiger partial charge in [0.25, 0.3) is 0 Å². The van der Waals surface area contributed by atoms with Crippen LogP contribution in [0.25, 0.3) is 0 Å². The van der Waals surface area contributed by atoms with Crippen LogP contribution in [0.1, 0.15) is 40.0 Å². The van der Waals surface area contributed by atoms with E-state index in [1.54, 1.807) is 13.8 Å². The molecule has 2 N–H and O–H groups in total. The molecule has 0 atom stereocenters. The fourth-order valence-corrected chi connectivity index (χ4v) is 1.39. The molecule has 0 radical (unpaired) electrons. The summed E-state index contributed by atoms with van der Waals surface area (Å²) >= 11 is 0. The number of aliphatic carboxylic acids is 1. The molecule has 0 saturated heterocycles. The maximum atomic E-state index is 11.5. The molecule has 0 aliphatic carbocycles. The highest BCUT2D eigenvalue weighted by atomic mass is 16.5. The van der Waals surface area contributed by atoms with Crippen LogP contribution in [0, 0.1) is 0 Å². The summed E-state index contributed by atoms with van der Waals surface area (Å²) in [5.74, 6) is -1.37. The van der Waals surface area contributed by atoms with Crippen molar-refractivity contribution in [2.24, 2.45) is 0 Å². The zero-order chi connectivity index (χ0) is 12.6. The molecule has 0 fully saturated rings. The molecule has 0 aliphatic heterocycles. The Morgan fingerprint density at radius 1 is 1.25 bits per heavy atom. The first-order valence-electron chi connectivity index (χ1n) is 5.64. The van der Waals surface area contributed by atoms with Crippen LogP contribution in [-0.4, -0.2) is 35.7 Å². The SMILES string of the molecule is CCCOCC(=O)NC(CC)(CC)C(=O)O. The minimum Gasteiger partial charge on any atom is -0.480 e. The number of amides is 1. The number of hydrogen-bond donors (Lipinski definition) is 2. The van der Waals surface area contributed by atoms with E-state index in [1.165, 1.54) is 0 Å². The molecule has 1 amide bonds. The Bertz CT molecular complexity index is 236. The first-order valence-corrected chi connectivity index (χ1v) is 5.64. The Hall–Kier alpha value is -1.10. The minimum absolute atomic E-state index is 0.0805. The van der Waals surface area contributed by atoms with E-state index in [0.29, 0.717) is 19.4 Å². The zero-order valence-corrected chi connectivity index (χ0v) is 10.2. The fourth-order valence-electron chi connectivity index (χ4n) is 1.39. The lowest BCUT2D eigenvalue weighted by molar-refractivity contribution is -0.148. The van der Waals surface area contributed by atoms with Crippen LogP contribution in [-0.2, 0) is 14.3 Å². The Kier molecular flexibility index (Phi) is 6.72. The molecule has 0 aromatic rings. The lowest BCUT2D eigenvalue weighted by Crippen LogP contribution is -2.54. The number of carboxylic acids is 1. The maximum absolute atomic E-state index is 11.5. The van der Waals surface area contributed by atoms with Crippen LogP contribution in [0.3, 0.4) is 0 Å². The van der Waals surface area contributed by atoms with Crippen molar-refractivity contribution in [2.45, 2.75) is 45.6 Å². The van der Waals surface area contributed by atoms with Gasteiger partial charge >= 0.3 is 5.97 Å². The third-order valence-corrected chi connectivity index (χ3v) is 2.58. The molecule has 5 nitrogen and oxygen atoms in total. The highest BCUT2D eigenvalue weighted by Crippen LogP contribution is 2.15. The number of hydrogen-bond acceptors (Lipinski definition) is 3. The third-order valence-electron chi connectivity index (χ3n) is 2.58. The van der Waals surface area contributed by atoms with Gasteiger partial charge in [0.05, 0.1) is 0 Å². The van der Waals surface area contributed by atoms with E-state index >= 15 is 0 Å². The van der Waals surface area contributed by atoms with E-state index in [0.717, 1.165) is 6.42 Å². The monoisotopic (exact) mass is 231 g/mol. The number of carbonyl (C=O) groups is 2. The Balaban J connectivity index is 4.29. The number of carbonyl (C=O) groups excluding carboxylic acids is 1. The van der Waals surface area contributed by atoms with Crippen LogP contribution >= 0.6 is 0 Å². The molecule has 16 heavy (non-hydrogen) atoms. The molecule has 0 aliphatic rings. The van der Waals surface area contributed by atoms with E-state index in [2.05, 4.69) is 5.32 Å². The van der Waals surface area contributed by atoms with Gasteiger partial charge < -0.3 is 15.2 Å². The molecule has 0 aromatic carbocycles. The van der Waals surface area contributed by atoms with Crippen LogP contribution in [0.15, 0.2) is 0 Å². The lowest BCUT2D eigenvalue weighted by atomic mass is 9.93. The van der Waals surface area contributed by atoms with Crippen LogP contribution in [0.5, 0.6) is 0 Å². The smallest absolute Gasteiger partial charge is 0.329 e. The molecule has 5 heteroatoms. The van der Waals surface area contributed by atoms with Gasteiger partial charge in [0.2, 0.25) is 5.91 Å². The molecule has 94 valence electrons. The van der Waals surface area contributed by atoms with E-state index < -0.39 is 11.5 Å². The van der Waals surface area contributed by atoms with Gasteiger partial charge in [-0.2, -0.15) is 0 Å². The van der Waals surface area contributed by atoms with Crippen LogP contribution in [0.4, 0.5) is 0 Å². The average molecular weight is 231 g/mol. The number of carboxylic acid groups (broad SMARTS) is 1. The van der Waals surface area contributed by atoms with Gasteiger partial charge in [-0.3, -0.25) is 4.79 Å². The zero-order valence-electron chi connectivity index (χ0n) is 10.2. The van der Waals surface area contributed by atoms with E-state index in [-0.39, 0.29) is 12.5 Å². The van der Waals surface area contributed by atoms with Crippen molar-refractivity contribution in [1.29, 1.82) is 0 Å². The predicted octanol–water partition coefficient (Wildman–Crippen LogP) is 1.17. The summed E-state index contributed by atoms with van der Waals surface area (Å²) in [4.78, 5) is 22.5. The molecular formula is C11H21NO4. The van der Waals surface area contributed by atoms with Gasteiger partial charge in [0.15, 0.2) is 0 Å². The first-order chi connectivity index (χ1) is 7.52. The second-order valence-electron chi connectivity index (χ2n) is 3.70. The molecule has 0 unspecified atom stereocenters. The lowest BCUT2D eigenvalue weighted by Gasteiger charge is -2.27. The maximum Gasteiger partial charge on any atom is 0.329 e. The van der Waals surface area contributed by atoms with Gasteiger partial charge in [0.1, 0.15) is 12.1 Å². The summed E-state index contributed by atoms with van der Waals surface area (Å²) in [7, 11) is 0. The summed E-state index contributed by atoms with van der Waals surface area (Å²) in [6.07, 6.45) is 1.55. The topological polar surface area (TPSA) is 75.6 Å². The number of ether oxygens (including phenoxy) is 1. The van der Waals surface area contributed by atoms with E-state index in [9.17, 15) is 9.59 Å². The Morgan fingerprint density at radius 3 is 2.19 bits per heavy atom. The van der Waals surface area contributed by atoms with Crippen LogP contribution in [0.2, 0.25) is 0 Å². The van der Waals surface area contributed by atoms with Crippen molar-refractivity contribution in [1.82, 2.24) is 5.32 Å². The third kappa shape index (κ3) is 4.18. The van der Waals surface area contributed by atoms with Gasteiger partial charge in [0, 0.05) is 6.61 Å². The van der Waals surface area contributed by atoms with Crippen molar-refractivity contribution in [3.05, 3.63) is 0 Å². The molecule has 0 rings (SSSR count). The normalized spacial score (nSPS) is 11.2. The number of rotatable bonds is 8. The second kappa shape index (κ2) is 7.22. The van der Waals surface area contributed by atoms with Crippen molar-refractivity contribution >= 4 is 11.9 Å². The van der Waals surface area contributed by atoms with Gasteiger partial charge in [-0.15, -0.1) is 0 Å². The van der Waals surface area contributed by atoms with Crippen molar-refractivity contribution < 1.29 is 19.4 Å². The molecular weight excluding hydrogens is 210 g/mol. The minimum atomic E-state index is -1.16. The summed E-state index contributed by atoms with van der Waals surface area (Å²) in [5, 5.41) is 11.6. The van der Waals surface area contributed by atoms with Gasteiger partial charge in [-0.1, -0.05) is 20.8 Å². The van der Waals surface area contributed by atoms with Gasteiger partial charge in [-0.25, -0.2) is 4.79 Å². The Labute approximate surface area is 96.2 Å². The largest absolute Gasteiger partial charge is 0.480 e. The van der Waals surface area contributed by atoms with Crippen molar-refractivity contribution in [2.75, 3.05) is 13.2 Å². The molecule has 0 saturated carbocycles. The molecule has 0 bridgehead atoms. The molecule has 0 aromatic heterocycles. The summed E-state index contributed by atoms with van der Waals surface area (Å²) in [5.41, 5.74) is -1.16. The van der Waals surface area contributed by atoms with Crippen LogP contribution < -0.4 is 5.32 Å². The standard InChI is InChI=1S/C11H21NO4/c1-4-7-16-8-9(13)12-11(5-2,6-3)10(14)15/h4-8H2,1-3H3,(H,12,13)(H,14,15).